The van der Waals surface area contributed by atoms with Crippen molar-refractivity contribution in [2.24, 2.45) is 11.7 Å². The molecule has 0 saturated heterocycles. The van der Waals surface area contributed by atoms with Crippen molar-refractivity contribution in [3.63, 3.8) is 0 Å². The third-order valence-corrected chi connectivity index (χ3v) is 2.74. The summed E-state index contributed by atoms with van der Waals surface area (Å²) in [6.45, 7) is 5.05. The average Bonchev–Trinajstić information content (AvgIpc) is 2.26. The summed E-state index contributed by atoms with van der Waals surface area (Å²) in [6.07, 6.45) is 2.17. The number of nitrogens with two attached hydrogens (primary N) is 1. The topological polar surface area (TPSA) is 35.2 Å². The van der Waals surface area contributed by atoms with Crippen molar-refractivity contribution in [2.75, 3.05) is 13.7 Å². The summed E-state index contributed by atoms with van der Waals surface area (Å²) in [4.78, 5) is 0. The van der Waals surface area contributed by atoms with Crippen LogP contribution in [0.15, 0.2) is 18.2 Å². The zero-order valence-corrected chi connectivity index (χ0v) is 9.92. The van der Waals surface area contributed by atoms with Gasteiger partial charge in [-0.1, -0.05) is 24.6 Å². The van der Waals surface area contributed by atoms with E-state index in [1.807, 2.05) is 6.07 Å². The van der Waals surface area contributed by atoms with E-state index in [4.69, 9.17) is 10.5 Å². The third-order valence-electron chi connectivity index (χ3n) is 2.74. The first-order chi connectivity index (χ1) is 7.17. The smallest absolute Gasteiger partial charge is 0.122 e. The molecule has 0 fully saturated rings. The molecule has 0 aliphatic rings. The number of rotatable bonds is 5. The first-order valence-corrected chi connectivity index (χ1v) is 5.51. The maximum Gasteiger partial charge on any atom is 0.122 e. The van der Waals surface area contributed by atoms with Gasteiger partial charge in [0.1, 0.15) is 5.75 Å². The van der Waals surface area contributed by atoms with E-state index in [1.54, 1.807) is 7.11 Å². The maximum atomic E-state index is 5.61. The highest BCUT2D eigenvalue weighted by atomic mass is 16.5. The summed E-state index contributed by atoms with van der Waals surface area (Å²) in [5.74, 6) is 1.57. The van der Waals surface area contributed by atoms with Gasteiger partial charge in [0.05, 0.1) is 7.11 Å². The zero-order valence-electron chi connectivity index (χ0n) is 9.92. The summed E-state index contributed by atoms with van der Waals surface area (Å²) < 4.78 is 5.34. The molecule has 84 valence electrons. The van der Waals surface area contributed by atoms with Crippen LogP contribution in [0.2, 0.25) is 0 Å². The number of aryl methyl sites for hydroxylation is 2. The second kappa shape index (κ2) is 5.76. The molecule has 0 saturated carbocycles. The van der Waals surface area contributed by atoms with E-state index in [1.165, 1.54) is 11.1 Å². The first kappa shape index (κ1) is 12.1. The van der Waals surface area contributed by atoms with Gasteiger partial charge in [-0.05, 0) is 43.9 Å². The highest BCUT2D eigenvalue weighted by molar-refractivity contribution is 5.36. The van der Waals surface area contributed by atoms with Crippen LogP contribution < -0.4 is 10.5 Å². The SMILES string of the molecule is COc1ccc(C)cc1CCC(C)CN. The van der Waals surface area contributed by atoms with Gasteiger partial charge in [-0.25, -0.2) is 0 Å². The zero-order chi connectivity index (χ0) is 11.3. The van der Waals surface area contributed by atoms with Crippen molar-refractivity contribution in [1.82, 2.24) is 0 Å². The van der Waals surface area contributed by atoms with Crippen molar-refractivity contribution in [3.05, 3.63) is 29.3 Å². The molecular formula is C13H21NO. The molecule has 0 aromatic heterocycles. The van der Waals surface area contributed by atoms with E-state index < -0.39 is 0 Å². The fourth-order valence-corrected chi connectivity index (χ4v) is 1.62. The van der Waals surface area contributed by atoms with Gasteiger partial charge in [-0.15, -0.1) is 0 Å². The van der Waals surface area contributed by atoms with E-state index >= 15 is 0 Å². The van der Waals surface area contributed by atoms with Gasteiger partial charge in [-0.3, -0.25) is 0 Å². The van der Waals surface area contributed by atoms with Crippen LogP contribution in [0.3, 0.4) is 0 Å². The van der Waals surface area contributed by atoms with Crippen LogP contribution in [0.25, 0.3) is 0 Å². The lowest BCUT2D eigenvalue weighted by Gasteiger charge is -2.12. The lowest BCUT2D eigenvalue weighted by atomic mass is 9.99. The minimum atomic E-state index is 0.579. The van der Waals surface area contributed by atoms with Crippen LogP contribution in [0.1, 0.15) is 24.5 Å². The Morgan fingerprint density at radius 3 is 2.73 bits per heavy atom. The summed E-state index contributed by atoms with van der Waals surface area (Å²) in [6, 6.07) is 6.31. The van der Waals surface area contributed by atoms with Crippen LogP contribution in [0, 0.1) is 12.8 Å². The van der Waals surface area contributed by atoms with Crippen molar-refractivity contribution in [1.29, 1.82) is 0 Å². The molecule has 0 aliphatic carbocycles. The molecule has 0 spiro atoms. The Labute approximate surface area is 92.4 Å². The van der Waals surface area contributed by atoms with Crippen molar-refractivity contribution in [2.45, 2.75) is 26.7 Å². The Bertz CT molecular complexity index is 309. The molecule has 1 aromatic carbocycles. The maximum absolute atomic E-state index is 5.61. The van der Waals surface area contributed by atoms with Crippen molar-refractivity contribution < 1.29 is 4.74 Å². The molecule has 0 bridgehead atoms. The molecule has 15 heavy (non-hydrogen) atoms. The second-order valence-corrected chi connectivity index (χ2v) is 4.19. The van der Waals surface area contributed by atoms with E-state index in [0.29, 0.717) is 5.92 Å². The van der Waals surface area contributed by atoms with Gasteiger partial charge in [0.15, 0.2) is 0 Å². The predicted octanol–water partition coefficient (Wildman–Crippen LogP) is 2.53. The minimum Gasteiger partial charge on any atom is -0.496 e. The van der Waals surface area contributed by atoms with Gasteiger partial charge in [0.2, 0.25) is 0 Å². The van der Waals surface area contributed by atoms with E-state index in [0.717, 1.165) is 25.1 Å². The molecule has 0 amide bonds. The fraction of sp³-hybridized carbons (Fsp3) is 0.538. The van der Waals surface area contributed by atoms with Crippen LogP contribution in [-0.2, 0) is 6.42 Å². The third kappa shape index (κ3) is 3.56. The quantitative estimate of drug-likeness (QED) is 0.805. The van der Waals surface area contributed by atoms with Gasteiger partial charge in [0, 0.05) is 0 Å². The Morgan fingerprint density at radius 2 is 2.13 bits per heavy atom. The van der Waals surface area contributed by atoms with Gasteiger partial charge in [0.25, 0.3) is 0 Å². The Kier molecular flexibility index (Phi) is 4.63. The van der Waals surface area contributed by atoms with Crippen molar-refractivity contribution >= 4 is 0 Å². The first-order valence-electron chi connectivity index (χ1n) is 5.51. The highest BCUT2D eigenvalue weighted by Crippen LogP contribution is 2.22. The summed E-state index contributed by atoms with van der Waals surface area (Å²) in [5.41, 5.74) is 8.18. The molecule has 1 atom stereocenters. The monoisotopic (exact) mass is 207 g/mol. The number of methoxy groups -OCH3 is 1. The molecule has 0 radical (unpaired) electrons. The molecule has 2 heteroatoms. The van der Waals surface area contributed by atoms with Gasteiger partial charge >= 0.3 is 0 Å². The molecule has 2 N–H and O–H groups in total. The molecule has 1 rings (SSSR count). The molecular weight excluding hydrogens is 186 g/mol. The van der Waals surface area contributed by atoms with E-state index in [-0.39, 0.29) is 0 Å². The largest absolute Gasteiger partial charge is 0.496 e. The minimum absolute atomic E-state index is 0.579. The standard InChI is InChI=1S/C13H21NO/c1-10-5-7-13(15-3)12(8-10)6-4-11(2)9-14/h5,7-8,11H,4,6,9,14H2,1-3H3. The number of ether oxygens (including phenoxy) is 1. The number of hydrogen-bond donors (Lipinski definition) is 1. The summed E-state index contributed by atoms with van der Waals surface area (Å²) in [5, 5.41) is 0. The van der Waals surface area contributed by atoms with Crippen molar-refractivity contribution in [3.8, 4) is 5.75 Å². The second-order valence-electron chi connectivity index (χ2n) is 4.19. The lowest BCUT2D eigenvalue weighted by molar-refractivity contribution is 0.407. The van der Waals surface area contributed by atoms with Crippen LogP contribution in [0.4, 0.5) is 0 Å². The molecule has 1 unspecified atom stereocenters. The van der Waals surface area contributed by atoms with E-state index in [2.05, 4.69) is 26.0 Å². The predicted molar refractivity (Wildman–Crippen MR) is 64.3 cm³/mol. The molecule has 2 nitrogen and oxygen atoms in total. The van der Waals surface area contributed by atoms with E-state index in [9.17, 15) is 0 Å². The Hall–Kier alpha value is -1.02. The number of hydrogen-bond acceptors (Lipinski definition) is 2. The molecule has 0 aliphatic heterocycles. The normalized spacial score (nSPS) is 12.5. The van der Waals surface area contributed by atoms with Crippen LogP contribution >= 0.6 is 0 Å². The fourth-order valence-electron chi connectivity index (χ4n) is 1.62. The summed E-state index contributed by atoms with van der Waals surface area (Å²) in [7, 11) is 1.72. The molecule has 0 heterocycles. The molecule has 1 aromatic rings. The lowest BCUT2D eigenvalue weighted by Crippen LogP contribution is -2.11. The van der Waals surface area contributed by atoms with Crippen LogP contribution in [-0.4, -0.2) is 13.7 Å². The van der Waals surface area contributed by atoms with Crippen LogP contribution in [0.5, 0.6) is 5.75 Å². The average molecular weight is 207 g/mol. The Morgan fingerprint density at radius 1 is 1.40 bits per heavy atom. The van der Waals surface area contributed by atoms with Gasteiger partial charge < -0.3 is 10.5 Å². The summed E-state index contributed by atoms with van der Waals surface area (Å²) >= 11 is 0. The van der Waals surface area contributed by atoms with Gasteiger partial charge in [-0.2, -0.15) is 0 Å². The number of benzene rings is 1. The Balaban J connectivity index is 2.69. The highest BCUT2D eigenvalue weighted by Gasteiger charge is 2.05.